The van der Waals surface area contributed by atoms with Gasteiger partial charge in [-0.1, -0.05) is 47.2 Å². The number of aromatic nitrogens is 3. The zero-order valence-electron chi connectivity index (χ0n) is 16.1. The van der Waals surface area contributed by atoms with E-state index in [1.807, 2.05) is 38.1 Å². The minimum atomic E-state index is -3.46. The van der Waals surface area contributed by atoms with Crippen LogP contribution in [-0.2, 0) is 22.6 Å². The molecule has 0 saturated heterocycles. The van der Waals surface area contributed by atoms with E-state index in [4.69, 9.17) is 4.74 Å². The molecule has 6 nitrogen and oxygen atoms in total. The maximum atomic E-state index is 12.6. The summed E-state index contributed by atoms with van der Waals surface area (Å²) in [4.78, 5) is 0.293. The van der Waals surface area contributed by atoms with Crippen LogP contribution in [0.2, 0.25) is 0 Å². The van der Waals surface area contributed by atoms with Gasteiger partial charge in [0, 0.05) is 12.8 Å². The second-order valence-corrected chi connectivity index (χ2v) is 9.59. The lowest BCUT2D eigenvalue weighted by atomic mass is 10.2. The van der Waals surface area contributed by atoms with Crippen molar-refractivity contribution in [2.75, 3.05) is 12.4 Å². The third-order valence-corrected chi connectivity index (χ3v) is 6.84. The molecule has 3 rings (SSSR count). The van der Waals surface area contributed by atoms with Crippen LogP contribution in [0.1, 0.15) is 17.0 Å². The number of hydrogen-bond donors (Lipinski definition) is 0. The van der Waals surface area contributed by atoms with Gasteiger partial charge in [-0.15, -0.1) is 10.2 Å². The molecule has 0 radical (unpaired) electrons. The Bertz CT molecular complexity index is 1030. The highest BCUT2D eigenvalue weighted by Crippen LogP contribution is 2.20. The van der Waals surface area contributed by atoms with Crippen molar-refractivity contribution in [3.8, 4) is 5.75 Å². The van der Waals surface area contributed by atoms with Crippen molar-refractivity contribution >= 4 is 21.6 Å². The Morgan fingerprint density at radius 1 is 0.964 bits per heavy atom. The summed E-state index contributed by atoms with van der Waals surface area (Å²) in [7, 11) is -1.68. The van der Waals surface area contributed by atoms with Gasteiger partial charge in [-0.05, 0) is 38.1 Å². The Kier molecular flexibility index (Phi) is 6.41. The molecule has 2 aromatic carbocycles. The third kappa shape index (κ3) is 5.14. The zero-order chi connectivity index (χ0) is 20.1. The van der Waals surface area contributed by atoms with E-state index in [-0.39, 0.29) is 5.75 Å². The Morgan fingerprint density at radius 2 is 1.57 bits per heavy atom. The monoisotopic (exact) mass is 417 g/mol. The molecule has 0 amide bonds. The molecule has 0 N–H and O–H groups in total. The van der Waals surface area contributed by atoms with Crippen LogP contribution >= 0.6 is 11.8 Å². The molecule has 0 aliphatic rings. The number of rotatable bonds is 8. The standard InChI is InChI=1S/C20H23N3O3S2/c1-15-4-8-17(9-5-15)26-12-13-27-20-22-21-19(23(20)3)14-28(24,25)18-10-6-16(2)7-11-18/h4-11H,12-14H2,1-3H3. The Labute approximate surface area is 169 Å². The number of nitrogens with zero attached hydrogens (tertiary/aromatic N) is 3. The average molecular weight is 418 g/mol. The van der Waals surface area contributed by atoms with Gasteiger partial charge in [0.2, 0.25) is 0 Å². The lowest BCUT2D eigenvalue weighted by molar-refractivity contribution is 0.343. The van der Waals surface area contributed by atoms with E-state index in [0.29, 0.717) is 28.2 Å². The van der Waals surface area contributed by atoms with Crippen LogP contribution in [0, 0.1) is 13.8 Å². The predicted octanol–water partition coefficient (Wildman–Crippen LogP) is 3.58. The van der Waals surface area contributed by atoms with Gasteiger partial charge in [0.05, 0.1) is 11.5 Å². The summed E-state index contributed by atoms with van der Waals surface area (Å²) in [6.07, 6.45) is 0. The van der Waals surface area contributed by atoms with Gasteiger partial charge in [0.15, 0.2) is 15.0 Å². The maximum absolute atomic E-state index is 12.6. The second-order valence-electron chi connectivity index (χ2n) is 6.54. The molecule has 0 aliphatic heterocycles. The number of hydrogen-bond acceptors (Lipinski definition) is 6. The average Bonchev–Trinajstić information content (AvgIpc) is 3.00. The summed E-state index contributed by atoms with van der Waals surface area (Å²) >= 11 is 1.48. The molecule has 3 aromatic rings. The second kappa shape index (κ2) is 8.79. The molecule has 0 saturated carbocycles. The summed E-state index contributed by atoms with van der Waals surface area (Å²) in [5.74, 6) is 1.75. The van der Waals surface area contributed by atoms with E-state index in [1.54, 1.807) is 35.9 Å². The van der Waals surface area contributed by atoms with Gasteiger partial charge in [-0.3, -0.25) is 0 Å². The molecule has 0 aliphatic carbocycles. The van der Waals surface area contributed by atoms with E-state index in [0.717, 1.165) is 11.3 Å². The molecule has 1 aromatic heterocycles. The van der Waals surface area contributed by atoms with Crippen LogP contribution in [0.4, 0.5) is 0 Å². The number of thioether (sulfide) groups is 1. The molecule has 0 fully saturated rings. The van der Waals surface area contributed by atoms with Gasteiger partial charge in [0.1, 0.15) is 17.3 Å². The first kappa shape index (κ1) is 20.4. The van der Waals surface area contributed by atoms with Crippen LogP contribution in [0.3, 0.4) is 0 Å². The SMILES string of the molecule is Cc1ccc(OCCSc2nnc(CS(=O)(=O)c3ccc(C)cc3)n2C)cc1. The molecule has 0 bridgehead atoms. The van der Waals surface area contributed by atoms with Gasteiger partial charge < -0.3 is 9.30 Å². The largest absolute Gasteiger partial charge is 0.493 e. The summed E-state index contributed by atoms with van der Waals surface area (Å²) in [5.41, 5.74) is 2.21. The van der Waals surface area contributed by atoms with E-state index in [9.17, 15) is 8.42 Å². The lowest BCUT2D eigenvalue weighted by Gasteiger charge is -2.07. The van der Waals surface area contributed by atoms with Crippen LogP contribution in [0.15, 0.2) is 58.6 Å². The fourth-order valence-electron chi connectivity index (χ4n) is 2.52. The van der Waals surface area contributed by atoms with Crippen molar-refractivity contribution < 1.29 is 13.2 Å². The van der Waals surface area contributed by atoms with Crippen molar-refractivity contribution in [1.29, 1.82) is 0 Å². The fraction of sp³-hybridized carbons (Fsp3) is 0.300. The minimum absolute atomic E-state index is 0.181. The normalized spacial score (nSPS) is 11.5. The quantitative estimate of drug-likeness (QED) is 0.412. The third-order valence-electron chi connectivity index (χ3n) is 4.23. The highest BCUT2D eigenvalue weighted by molar-refractivity contribution is 7.99. The van der Waals surface area contributed by atoms with Crippen LogP contribution in [0.25, 0.3) is 0 Å². The van der Waals surface area contributed by atoms with Crippen LogP contribution < -0.4 is 4.74 Å². The van der Waals surface area contributed by atoms with Crippen LogP contribution in [-0.4, -0.2) is 35.5 Å². The zero-order valence-corrected chi connectivity index (χ0v) is 17.8. The first-order valence-electron chi connectivity index (χ1n) is 8.85. The van der Waals surface area contributed by atoms with Gasteiger partial charge in [0.25, 0.3) is 0 Å². The number of aryl methyl sites for hydroxylation is 2. The molecule has 148 valence electrons. The molecule has 0 spiro atoms. The highest BCUT2D eigenvalue weighted by Gasteiger charge is 2.20. The Hall–Kier alpha value is -2.32. The van der Waals surface area contributed by atoms with E-state index in [1.165, 1.54) is 17.3 Å². The van der Waals surface area contributed by atoms with Crippen molar-refractivity contribution in [3.63, 3.8) is 0 Å². The van der Waals surface area contributed by atoms with E-state index >= 15 is 0 Å². The molecule has 8 heteroatoms. The Morgan fingerprint density at radius 3 is 2.21 bits per heavy atom. The molecule has 28 heavy (non-hydrogen) atoms. The lowest BCUT2D eigenvalue weighted by Crippen LogP contribution is -2.10. The predicted molar refractivity (Wildman–Crippen MR) is 110 cm³/mol. The summed E-state index contributed by atoms with van der Waals surface area (Å²) in [5, 5.41) is 8.85. The van der Waals surface area contributed by atoms with Crippen LogP contribution in [0.5, 0.6) is 5.75 Å². The van der Waals surface area contributed by atoms with Crippen molar-refractivity contribution in [3.05, 3.63) is 65.5 Å². The number of sulfone groups is 1. The van der Waals surface area contributed by atoms with Crippen molar-refractivity contribution in [2.24, 2.45) is 7.05 Å². The molecule has 0 unspecified atom stereocenters. The topological polar surface area (TPSA) is 74.1 Å². The Balaban J connectivity index is 1.57. The smallest absolute Gasteiger partial charge is 0.191 e. The fourth-order valence-corrected chi connectivity index (χ4v) is 4.58. The summed E-state index contributed by atoms with van der Waals surface area (Å²) < 4.78 is 32.6. The molecular weight excluding hydrogens is 394 g/mol. The number of ether oxygens (including phenoxy) is 1. The molecule has 0 atom stereocenters. The van der Waals surface area contributed by atoms with E-state index in [2.05, 4.69) is 10.2 Å². The maximum Gasteiger partial charge on any atom is 0.191 e. The van der Waals surface area contributed by atoms with Gasteiger partial charge in [-0.25, -0.2) is 8.42 Å². The highest BCUT2D eigenvalue weighted by atomic mass is 32.2. The van der Waals surface area contributed by atoms with E-state index < -0.39 is 9.84 Å². The number of benzene rings is 2. The first-order chi connectivity index (χ1) is 13.3. The minimum Gasteiger partial charge on any atom is -0.493 e. The van der Waals surface area contributed by atoms with Gasteiger partial charge >= 0.3 is 0 Å². The molecular formula is C20H23N3O3S2. The van der Waals surface area contributed by atoms with Gasteiger partial charge in [-0.2, -0.15) is 0 Å². The van der Waals surface area contributed by atoms with Crippen molar-refractivity contribution in [2.45, 2.75) is 29.7 Å². The first-order valence-corrected chi connectivity index (χ1v) is 11.5. The molecule has 1 heterocycles. The summed E-state index contributed by atoms with van der Waals surface area (Å²) in [6, 6.07) is 14.7. The summed E-state index contributed by atoms with van der Waals surface area (Å²) in [6.45, 7) is 4.48. The van der Waals surface area contributed by atoms with Crippen molar-refractivity contribution in [1.82, 2.24) is 14.8 Å².